The monoisotopic (exact) mass is 272 g/mol. The number of nitrogens with zero attached hydrogens (tertiary/aromatic N) is 1. The van der Waals surface area contributed by atoms with Crippen LogP contribution >= 0.6 is 0 Å². The van der Waals surface area contributed by atoms with Crippen LogP contribution in [-0.2, 0) is 15.6 Å². The Morgan fingerprint density at radius 2 is 1.78 bits per heavy atom. The maximum absolute atomic E-state index is 11.7. The van der Waals surface area contributed by atoms with E-state index in [-0.39, 0.29) is 16.9 Å². The van der Waals surface area contributed by atoms with Gasteiger partial charge in [-0.25, -0.2) is 0 Å². The van der Waals surface area contributed by atoms with Crippen molar-refractivity contribution in [2.75, 3.05) is 18.8 Å². The Morgan fingerprint density at radius 1 is 1.22 bits per heavy atom. The Labute approximate surface area is 109 Å². The molecule has 0 atom stereocenters. The number of nitrogens with one attached hydrogen (secondary N) is 1. The standard InChI is InChI=1S/C12H20N2O3S/c1-12(2,3)9-6-7-11(15)10(8-9)13-18(16,17)14(4)5/h6-8,13,15H,1-5H3. The molecule has 1 aromatic rings. The van der Waals surface area contributed by atoms with Crippen LogP contribution in [0.5, 0.6) is 5.75 Å². The van der Waals surface area contributed by atoms with E-state index in [0.29, 0.717) is 0 Å². The molecule has 0 heterocycles. The third kappa shape index (κ3) is 3.36. The lowest BCUT2D eigenvalue weighted by molar-refractivity contribution is 0.475. The van der Waals surface area contributed by atoms with Crippen molar-refractivity contribution in [3.63, 3.8) is 0 Å². The first-order valence-corrected chi connectivity index (χ1v) is 7.02. The summed E-state index contributed by atoms with van der Waals surface area (Å²) < 4.78 is 26.8. The molecule has 0 spiro atoms. The second-order valence-electron chi connectivity index (χ2n) is 5.37. The molecule has 6 heteroatoms. The molecule has 102 valence electrons. The lowest BCUT2D eigenvalue weighted by Gasteiger charge is -2.21. The van der Waals surface area contributed by atoms with Gasteiger partial charge in [-0.2, -0.15) is 12.7 Å². The van der Waals surface area contributed by atoms with E-state index < -0.39 is 10.2 Å². The van der Waals surface area contributed by atoms with E-state index in [4.69, 9.17) is 0 Å². The Morgan fingerprint density at radius 3 is 2.22 bits per heavy atom. The normalized spacial score (nSPS) is 12.8. The van der Waals surface area contributed by atoms with Crippen LogP contribution in [0.1, 0.15) is 26.3 Å². The van der Waals surface area contributed by atoms with E-state index in [1.807, 2.05) is 20.8 Å². The molecule has 0 aromatic heterocycles. The summed E-state index contributed by atoms with van der Waals surface area (Å²) in [5, 5.41) is 9.70. The van der Waals surface area contributed by atoms with Crippen molar-refractivity contribution < 1.29 is 13.5 Å². The summed E-state index contributed by atoms with van der Waals surface area (Å²) in [4.78, 5) is 0. The minimum absolute atomic E-state index is 0.0894. The Hall–Kier alpha value is -1.27. The number of rotatable bonds is 3. The average Bonchev–Trinajstić information content (AvgIpc) is 2.19. The highest BCUT2D eigenvalue weighted by Crippen LogP contribution is 2.31. The molecule has 0 aliphatic heterocycles. The van der Waals surface area contributed by atoms with Crippen LogP contribution in [0, 0.1) is 0 Å². The van der Waals surface area contributed by atoms with Crippen LogP contribution < -0.4 is 4.72 Å². The molecule has 0 aliphatic rings. The molecule has 1 aromatic carbocycles. The second-order valence-corrected chi connectivity index (χ2v) is 7.26. The van der Waals surface area contributed by atoms with Crippen LogP contribution in [0.25, 0.3) is 0 Å². The predicted octanol–water partition coefficient (Wildman–Crippen LogP) is 1.91. The third-order valence-electron chi connectivity index (χ3n) is 2.58. The molecule has 18 heavy (non-hydrogen) atoms. The van der Waals surface area contributed by atoms with Gasteiger partial charge in [0.05, 0.1) is 5.69 Å². The molecule has 0 aliphatic carbocycles. The first-order valence-electron chi connectivity index (χ1n) is 5.58. The summed E-state index contributed by atoms with van der Waals surface area (Å²) in [5.74, 6) is -0.0894. The highest BCUT2D eigenvalue weighted by molar-refractivity contribution is 7.90. The molecule has 0 amide bonds. The molecule has 0 bridgehead atoms. The molecule has 0 fully saturated rings. The topological polar surface area (TPSA) is 69.6 Å². The van der Waals surface area contributed by atoms with Gasteiger partial charge in [0.1, 0.15) is 5.75 Å². The van der Waals surface area contributed by atoms with E-state index in [1.165, 1.54) is 20.2 Å². The SMILES string of the molecule is CN(C)S(=O)(=O)Nc1cc(C(C)(C)C)ccc1O. The summed E-state index contributed by atoms with van der Waals surface area (Å²) in [7, 11) is -0.765. The minimum atomic E-state index is -3.61. The Balaban J connectivity index is 3.18. The lowest BCUT2D eigenvalue weighted by atomic mass is 9.87. The van der Waals surface area contributed by atoms with Gasteiger partial charge >= 0.3 is 10.2 Å². The predicted molar refractivity (Wildman–Crippen MR) is 73.0 cm³/mol. The van der Waals surface area contributed by atoms with Crippen LogP contribution in [0.2, 0.25) is 0 Å². The van der Waals surface area contributed by atoms with Gasteiger partial charge in [0, 0.05) is 14.1 Å². The first kappa shape index (κ1) is 14.8. The molecule has 0 radical (unpaired) electrons. The van der Waals surface area contributed by atoms with Crippen LogP contribution in [0.15, 0.2) is 18.2 Å². The summed E-state index contributed by atoms with van der Waals surface area (Å²) >= 11 is 0. The number of aromatic hydroxyl groups is 1. The van der Waals surface area contributed by atoms with Gasteiger partial charge in [0.15, 0.2) is 0 Å². The van der Waals surface area contributed by atoms with Crippen molar-refractivity contribution in [3.8, 4) is 5.75 Å². The van der Waals surface area contributed by atoms with Crippen molar-refractivity contribution in [1.82, 2.24) is 4.31 Å². The zero-order valence-corrected chi connectivity index (χ0v) is 12.2. The van der Waals surface area contributed by atoms with Gasteiger partial charge in [-0.1, -0.05) is 26.8 Å². The van der Waals surface area contributed by atoms with Crippen LogP contribution in [-0.4, -0.2) is 31.9 Å². The molecule has 0 unspecified atom stereocenters. The Bertz CT molecular complexity index is 531. The number of anilines is 1. The molecule has 0 saturated carbocycles. The third-order valence-corrected chi connectivity index (χ3v) is 4.02. The van der Waals surface area contributed by atoms with Crippen molar-refractivity contribution in [3.05, 3.63) is 23.8 Å². The Kier molecular flexibility index (Phi) is 3.92. The molecule has 0 saturated heterocycles. The quantitative estimate of drug-likeness (QED) is 0.826. The van der Waals surface area contributed by atoms with Crippen molar-refractivity contribution in [1.29, 1.82) is 0 Å². The van der Waals surface area contributed by atoms with Crippen molar-refractivity contribution in [2.24, 2.45) is 0 Å². The molecule has 1 rings (SSSR count). The van der Waals surface area contributed by atoms with Gasteiger partial charge in [-0.15, -0.1) is 0 Å². The fraction of sp³-hybridized carbons (Fsp3) is 0.500. The second kappa shape index (κ2) is 4.78. The number of hydrogen-bond acceptors (Lipinski definition) is 3. The van der Waals surface area contributed by atoms with Crippen LogP contribution in [0.4, 0.5) is 5.69 Å². The average molecular weight is 272 g/mol. The van der Waals surface area contributed by atoms with E-state index in [9.17, 15) is 13.5 Å². The van der Waals surface area contributed by atoms with Gasteiger partial charge in [0.2, 0.25) is 0 Å². The largest absolute Gasteiger partial charge is 0.506 e. The molecular formula is C12H20N2O3S. The van der Waals surface area contributed by atoms with Gasteiger partial charge in [-0.3, -0.25) is 4.72 Å². The molecule has 2 N–H and O–H groups in total. The van der Waals surface area contributed by atoms with Gasteiger partial charge < -0.3 is 5.11 Å². The fourth-order valence-electron chi connectivity index (χ4n) is 1.31. The van der Waals surface area contributed by atoms with E-state index in [1.54, 1.807) is 12.1 Å². The highest BCUT2D eigenvalue weighted by Gasteiger charge is 2.19. The maximum atomic E-state index is 11.7. The number of phenolic OH excluding ortho intramolecular Hbond substituents is 1. The van der Waals surface area contributed by atoms with Gasteiger partial charge in [-0.05, 0) is 23.1 Å². The zero-order chi connectivity index (χ0) is 14.1. The fourth-order valence-corrected chi connectivity index (χ4v) is 1.94. The maximum Gasteiger partial charge on any atom is 0.301 e. The highest BCUT2D eigenvalue weighted by atomic mass is 32.2. The molecule has 5 nitrogen and oxygen atoms in total. The summed E-state index contributed by atoms with van der Waals surface area (Å²) in [5.41, 5.74) is 1.01. The molecular weight excluding hydrogens is 252 g/mol. The minimum Gasteiger partial charge on any atom is -0.506 e. The number of hydrogen-bond donors (Lipinski definition) is 2. The number of benzene rings is 1. The summed E-state index contributed by atoms with van der Waals surface area (Å²) in [6.07, 6.45) is 0. The van der Waals surface area contributed by atoms with E-state index in [2.05, 4.69) is 4.72 Å². The first-order chi connectivity index (χ1) is 8.04. The van der Waals surface area contributed by atoms with Gasteiger partial charge in [0.25, 0.3) is 0 Å². The van der Waals surface area contributed by atoms with Crippen molar-refractivity contribution in [2.45, 2.75) is 26.2 Å². The van der Waals surface area contributed by atoms with E-state index >= 15 is 0 Å². The van der Waals surface area contributed by atoms with Crippen molar-refractivity contribution >= 4 is 15.9 Å². The smallest absolute Gasteiger partial charge is 0.301 e. The summed E-state index contributed by atoms with van der Waals surface area (Å²) in [6, 6.07) is 4.92. The van der Waals surface area contributed by atoms with Crippen LogP contribution in [0.3, 0.4) is 0 Å². The lowest BCUT2D eigenvalue weighted by Crippen LogP contribution is -2.29. The number of phenols is 1. The zero-order valence-electron chi connectivity index (χ0n) is 11.4. The summed E-state index contributed by atoms with van der Waals surface area (Å²) in [6.45, 7) is 6.05. The van der Waals surface area contributed by atoms with E-state index in [0.717, 1.165) is 9.87 Å².